The second kappa shape index (κ2) is 6.00. The summed E-state index contributed by atoms with van der Waals surface area (Å²) in [7, 11) is 0. The van der Waals surface area contributed by atoms with Gasteiger partial charge in [0.15, 0.2) is 5.82 Å². The molecular weight excluding hydrogens is 294 g/mol. The minimum absolute atomic E-state index is 0.415. The first-order chi connectivity index (χ1) is 11.7. The molecule has 4 rings (SSSR count). The summed E-state index contributed by atoms with van der Waals surface area (Å²) in [6, 6.07) is 25.3. The Balaban J connectivity index is 1.83. The SMILES string of the molecule is CC(C)c1ccc2c(n1)N(c1ccccc1)CN2c1ccccc1. The van der Waals surface area contributed by atoms with Gasteiger partial charge in [0.25, 0.3) is 0 Å². The molecule has 0 unspecified atom stereocenters. The standard InChI is InChI=1S/C21H21N3/c1-16(2)19-13-14-20-21(22-19)24(18-11-7-4-8-12-18)15-23(20)17-9-5-3-6-10-17/h3-14,16H,15H2,1-2H3. The fraction of sp³-hybridized carbons (Fsp3) is 0.190. The van der Waals surface area contributed by atoms with Crippen LogP contribution in [0.3, 0.4) is 0 Å². The highest BCUT2D eigenvalue weighted by molar-refractivity contribution is 5.84. The molecule has 0 fully saturated rings. The van der Waals surface area contributed by atoms with Crippen LogP contribution in [0, 0.1) is 0 Å². The number of hydrogen-bond donors (Lipinski definition) is 0. The third-order valence-corrected chi connectivity index (χ3v) is 4.43. The minimum atomic E-state index is 0.415. The topological polar surface area (TPSA) is 19.4 Å². The number of pyridine rings is 1. The van der Waals surface area contributed by atoms with E-state index in [1.54, 1.807) is 0 Å². The van der Waals surface area contributed by atoms with Crippen LogP contribution in [0.5, 0.6) is 0 Å². The molecule has 3 heteroatoms. The van der Waals surface area contributed by atoms with Crippen LogP contribution >= 0.6 is 0 Å². The summed E-state index contributed by atoms with van der Waals surface area (Å²) < 4.78 is 0. The zero-order valence-electron chi connectivity index (χ0n) is 14.1. The van der Waals surface area contributed by atoms with Gasteiger partial charge in [0, 0.05) is 17.1 Å². The maximum atomic E-state index is 4.97. The number of aromatic nitrogens is 1. The van der Waals surface area contributed by atoms with Gasteiger partial charge in [0.05, 0.1) is 5.69 Å². The molecule has 0 bridgehead atoms. The largest absolute Gasteiger partial charge is 0.320 e. The maximum Gasteiger partial charge on any atom is 0.158 e. The van der Waals surface area contributed by atoms with E-state index in [1.807, 2.05) is 6.07 Å². The van der Waals surface area contributed by atoms with Gasteiger partial charge in [-0.2, -0.15) is 0 Å². The van der Waals surface area contributed by atoms with Crippen LogP contribution in [-0.2, 0) is 0 Å². The van der Waals surface area contributed by atoms with E-state index in [4.69, 9.17) is 4.98 Å². The number of anilines is 4. The number of fused-ring (bicyclic) bond motifs is 1. The van der Waals surface area contributed by atoms with Crippen molar-refractivity contribution in [3.8, 4) is 0 Å². The summed E-state index contributed by atoms with van der Waals surface area (Å²) >= 11 is 0. The summed E-state index contributed by atoms with van der Waals surface area (Å²) in [6.07, 6.45) is 0. The molecular formula is C21H21N3. The fourth-order valence-corrected chi connectivity index (χ4v) is 3.11. The number of hydrogen-bond acceptors (Lipinski definition) is 3. The van der Waals surface area contributed by atoms with Crippen molar-refractivity contribution in [3.63, 3.8) is 0 Å². The molecule has 3 aromatic rings. The van der Waals surface area contributed by atoms with Crippen LogP contribution in [0.4, 0.5) is 22.9 Å². The van der Waals surface area contributed by atoms with Gasteiger partial charge in [-0.1, -0.05) is 50.2 Å². The average Bonchev–Trinajstić information content (AvgIpc) is 3.02. The van der Waals surface area contributed by atoms with Crippen molar-refractivity contribution in [2.45, 2.75) is 19.8 Å². The minimum Gasteiger partial charge on any atom is -0.320 e. The normalized spacial score (nSPS) is 13.5. The Kier molecular flexibility index (Phi) is 3.69. The lowest BCUT2D eigenvalue weighted by atomic mass is 10.1. The van der Waals surface area contributed by atoms with E-state index in [-0.39, 0.29) is 0 Å². The monoisotopic (exact) mass is 315 g/mol. The summed E-state index contributed by atoms with van der Waals surface area (Å²) in [4.78, 5) is 9.58. The highest BCUT2D eigenvalue weighted by atomic mass is 15.4. The second-order valence-corrected chi connectivity index (χ2v) is 6.40. The molecule has 0 radical (unpaired) electrons. The fourth-order valence-electron chi connectivity index (χ4n) is 3.11. The third-order valence-electron chi connectivity index (χ3n) is 4.43. The Morgan fingerprint density at radius 1 is 0.750 bits per heavy atom. The Morgan fingerprint density at radius 2 is 1.33 bits per heavy atom. The molecule has 0 aliphatic carbocycles. The lowest BCUT2D eigenvalue weighted by molar-refractivity contribution is 0.822. The molecule has 0 amide bonds. The van der Waals surface area contributed by atoms with Crippen LogP contribution in [0.15, 0.2) is 72.8 Å². The van der Waals surface area contributed by atoms with E-state index >= 15 is 0 Å². The first-order valence-corrected chi connectivity index (χ1v) is 8.40. The molecule has 0 saturated carbocycles. The quantitative estimate of drug-likeness (QED) is 0.640. The first-order valence-electron chi connectivity index (χ1n) is 8.40. The molecule has 2 heterocycles. The Hall–Kier alpha value is -2.81. The number of rotatable bonds is 3. The molecule has 0 saturated heterocycles. The lowest BCUT2D eigenvalue weighted by Gasteiger charge is -2.21. The molecule has 2 aromatic carbocycles. The molecule has 0 N–H and O–H groups in total. The predicted molar refractivity (Wildman–Crippen MR) is 100 cm³/mol. The van der Waals surface area contributed by atoms with Crippen molar-refractivity contribution >= 4 is 22.9 Å². The van der Waals surface area contributed by atoms with E-state index in [0.717, 1.165) is 23.9 Å². The second-order valence-electron chi connectivity index (χ2n) is 6.40. The van der Waals surface area contributed by atoms with Crippen molar-refractivity contribution in [2.24, 2.45) is 0 Å². The van der Waals surface area contributed by atoms with Crippen LogP contribution < -0.4 is 9.80 Å². The first kappa shape index (κ1) is 14.8. The van der Waals surface area contributed by atoms with Crippen LogP contribution in [0.25, 0.3) is 0 Å². The zero-order valence-corrected chi connectivity index (χ0v) is 14.1. The Morgan fingerprint density at radius 3 is 1.92 bits per heavy atom. The van der Waals surface area contributed by atoms with Crippen molar-refractivity contribution in [1.82, 2.24) is 4.98 Å². The van der Waals surface area contributed by atoms with Crippen LogP contribution in [0.2, 0.25) is 0 Å². The van der Waals surface area contributed by atoms with Gasteiger partial charge in [-0.15, -0.1) is 0 Å². The van der Waals surface area contributed by atoms with Gasteiger partial charge in [0.1, 0.15) is 6.67 Å². The zero-order chi connectivity index (χ0) is 16.5. The molecule has 0 atom stereocenters. The Labute approximate surface area is 143 Å². The van der Waals surface area contributed by atoms with Gasteiger partial charge < -0.3 is 9.80 Å². The van der Waals surface area contributed by atoms with Gasteiger partial charge in [-0.25, -0.2) is 4.98 Å². The van der Waals surface area contributed by atoms with E-state index in [2.05, 4.69) is 90.4 Å². The predicted octanol–water partition coefficient (Wildman–Crippen LogP) is 5.45. The molecule has 1 aromatic heterocycles. The van der Waals surface area contributed by atoms with E-state index < -0.39 is 0 Å². The van der Waals surface area contributed by atoms with Crippen molar-refractivity contribution in [2.75, 3.05) is 16.5 Å². The number of benzene rings is 2. The molecule has 1 aliphatic heterocycles. The van der Waals surface area contributed by atoms with E-state index in [9.17, 15) is 0 Å². The van der Waals surface area contributed by atoms with Gasteiger partial charge in [-0.05, 0) is 42.3 Å². The number of para-hydroxylation sites is 2. The van der Waals surface area contributed by atoms with Crippen LogP contribution in [0.1, 0.15) is 25.5 Å². The molecule has 120 valence electrons. The number of nitrogens with zero attached hydrogens (tertiary/aromatic N) is 3. The highest BCUT2D eigenvalue weighted by Gasteiger charge is 2.29. The smallest absolute Gasteiger partial charge is 0.158 e. The summed E-state index contributed by atoms with van der Waals surface area (Å²) in [5, 5.41) is 0. The van der Waals surface area contributed by atoms with E-state index in [1.165, 1.54) is 11.4 Å². The summed E-state index contributed by atoms with van der Waals surface area (Å²) in [6.45, 7) is 5.15. The molecule has 3 nitrogen and oxygen atoms in total. The molecule has 24 heavy (non-hydrogen) atoms. The van der Waals surface area contributed by atoms with Crippen LogP contribution in [-0.4, -0.2) is 11.7 Å². The third kappa shape index (κ3) is 2.52. The summed E-state index contributed by atoms with van der Waals surface area (Å²) in [5.74, 6) is 1.45. The molecule has 0 spiro atoms. The summed E-state index contributed by atoms with van der Waals surface area (Å²) in [5.41, 5.74) is 4.65. The van der Waals surface area contributed by atoms with E-state index in [0.29, 0.717) is 5.92 Å². The lowest BCUT2D eigenvalue weighted by Crippen LogP contribution is -2.24. The molecule has 1 aliphatic rings. The van der Waals surface area contributed by atoms with Crippen molar-refractivity contribution in [3.05, 3.63) is 78.5 Å². The van der Waals surface area contributed by atoms with Crippen molar-refractivity contribution < 1.29 is 0 Å². The van der Waals surface area contributed by atoms with Gasteiger partial charge in [-0.3, -0.25) is 0 Å². The van der Waals surface area contributed by atoms with Crippen molar-refractivity contribution in [1.29, 1.82) is 0 Å². The van der Waals surface area contributed by atoms with Gasteiger partial charge in [0.2, 0.25) is 0 Å². The van der Waals surface area contributed by atoms with Gasteiger partial charge >= 0.3 is 0 Å². The maximum absolute atomic E-state index is 4.97. The highest BCUT2D eigenvalue weighted by Crippen LogP contribution is 2.43. The average molecular weight is 315 g/mol. The Bertz CT molecular complexity index is 828.